The number of fused-ring (bicyclic) bond motifs is 13. The molecule has 8 heteroatoms. The average molecular weight is 886 g/mol. The molecule has 0 fully saturated rings. The van der Waals surface area contributed by atoms with Crippen LogP contribution in [-0.2, 0) is 0 Å². The second-order valence-corrected chi connectivity index (χ2v) is 17.7. The number of aromatic nitrogens is 3. The minimum absolute atomic E-state index is 0.399. The molecule has 0 saturated carbocycles. The number of rotatable bonds is 6. The number of hydrogen-bond acceptors (Lipinski definition) is 8. The molecule has 15 aromatic rings. The molecule has 0 bridgehead atoms. The fraction of sp³-hybridized carbons (Fsp3) is 0. The van der Waals surface area contributed by atoms with Gasteiger partial charge in [-0.15, -0.1) is 0 Å². The summed E-state index contributed by atoms with van der Waals surface area (Å²) in [6.45, 7) is 0. The summed E-state index contributed by atoms with van der Waals surface area (Å²) in [6.07, 6.45) is 3.65. The summed E-state index contributed by atoms with van der Waals surface area (Å²) in [5.41, 5.74) is 8.52. The molecule has 0 aliphatic heterocycles. The molecule has 15 rings (SSSR count). The van der Waals surface area contributed by atoms with E-state index in [0.717, 1.165) is 93.6 Å². The second kappa shape index (κ2) is 14.5. The van der Waals surface area contributed by atoms with Gasteiger partial charge in [-0.05, 0) is 128 Å². The third kappa shape index (κ3) is 5.99. The Labute approximate surface area is 392 Å². The van der Waals surface area contributed by atoms with Gasteiger partial charge in [0.1, 0.15) is 39.2 Å². The Hall–Kier alpha value is -9.53. The molecule has 0 N–H and O–H groups in total. The van der Waals surface area contributed by atoms with Crippen LogP contribution in [0.4, 0.5) is 34.4 Å². The number of furan rings is 3. The summed E-state index contributed by atoms with van der Waals surface area (Å²) in [4.78, 5) is 19.7. The first kappa shape index (κ1) is 37.7. The van der Waals surface area contributed by atoms with Gasteiger partial charge < -0.3 is 13.3 Å². The van der Waals surface area contributed by atoms with Gasteiger partial charge in [-0.25, -0.2) is 9.97 Å². The van der Waals surface area contributed by atoms with E-state index in [0.29, 0.717) is 28.4 Å². The Bertz CT molecular complexity index is 4320. The first-order valence-electron chi connectivity index (χ1n) is 23.0. The highest BCUT2D eigenvalue weighted by Crippen LogP contribution is 2.43. The molecule has 322 valence electrons. The summed E-state index contributed by atoms with van der Waals surface area (Å²) < 4.78 is 19.6. The Balaban J connectivity index is 0.887. The number of para-hydroxylation sites is 2. The van der Waals surface area contributed by atoms with E-state index < -0.39 is 0 Å². The summed E-state index contributed by atoms with van der Waals surface area (Å²) in [7, 11) is 0. The SMILES string of the molecule is c1ccc2cc3cc(N(c4ccc5c(c4)oc4ccccc45)c4cc5oc6nc(N(c7ccc8cc9ccccc9cc8c7)c7ccc8c(c7)oc7ccccc78)cnc6c5cn4)ccc3cc2c1. The van der Waals surface area contributed by atoms with Gasteiger partial charge in [-0.2, -0.15) is 4.98 Å². The molecule has 0 atom stereocenters. The molecule has 0 saturated heterocycles. The van der Waals surface area contributed by atoms with E-state index >= 15 is 0 Å². The van der Waals surface area contributed by atoms with Crippen molar-refractivity contribution >= 4 is 144 Å². The van der Waals surface area contributed by atoms with Gasteiger partial charge in [-0.1, -0.05) is 97.1 Å². The standard InChI is InChI=1S/C61H35N5O3/c1-3-11-38-27-42-29-44(19-17-40(42)25-36(38)9-1)65(46-21-23-50-48-13-5-7-15-53(48)67-55(50)31-46)58-33-57-52(34-62-58)60-61(69-57)64-59(35-63-60)66(47-22-24-51-49-14-6-8-16-54(49)68-56(51)32-47)45-20-18-41-26-37-10-2-4-12-39(37)28-43(41)30-45/h1-35H. The van der Waals surface area contributed by atoms with Gasteiger partial charge >= 0.3 is 0 Å². The highest BCUT2D eigenvalue weighted by molar-refractivity contribution is 6.09. The Kier molecular flexibility index (Phi) is 7.91. The molecule has 69 heavy (non-hydrogen) atoms. The van der Waals surface area contributed by atoms with Gasteiger partial charge in [-0.3, -0.25) is 9.80 Å². The van der Waals surface area contributed by atoms with E-state index in [-0.39, 0.29) is 0 Å². The molecule has 10 aromatic carbocycles. The zero-order valence-electron chi connectivity index (χ0n) is 36.7. The molecule has 0 amide bonds. The smallest absolute Gasteiger partial charge is 0.248 e. The lowest BCUT2D eigenvalue weighted by molar-refractivity contribution is 0.652. The number of benzene rings is 10. The summed E-state index contributed by atoms with van der Waals surface area (Å²) in [5.74, 6) is 1.26. The minimum Gasteiger partial charge on any atom is -0.456 e. The van der Waals surface area contributed by atoms with Crippen LogP contribution in [0.5, 0.6) is 0 Å². The fourth-order valence-corrected chi connectivity index (χ4v) is 10.3. The van der Waals surface area contributed by atoms with E-state index in [9.17, 15) is 0 Å². The van der Waals surface area contributed by atoms with Gasteiger partial charge in [0.15, 0.2) is 5.82 Å². The third-order valence-corrected chi connectivity index (χ3v) is 13.6. The lowest BCUT2D eigenvalue weighted by Gasteiger charge is -2.24. The van der Waals surface area contributed by atoms with Gasteiger partial charge in [0.25, 0.3) is 0 Å². The average Bonchev–Trinajstić information content (AvgIpc) is 4.08. The predicted molar refractivity (Wildman–Crippen MR) is 281 cm³/mol. The van der Waals surface area contributed by atoms with Crippen molar-refractivity contribution in [2.24, 2.45) is 0 Å². The molecule has 8 nitrogen and oxygen atoms in total. The monoisotopic (exact) mass is 885 g/mol. The van der Waals surface area contributed by atoms with Crippen LogP contribution in [0, 0.1) is 0 Å². The van der Waals surface area contributed by atoms with Crippen molar-refractivity contribution in [2.45, 2.75) is 0 Å². The van der Waals surface area contributed by atoms with Crippen molar-refractivity contribution in [2.75, 3.05) is 9.80 Å². The number of hydrogen-bond donors (Lipinski definition) is 0. The van der Waals surface area contributed by atoms with Crippen molar-refractivity contribution in [3.63, 3.8) is 0 Å². The van der Waals surface area contributed by atoms with Crippen molar-refractivity contribution in [3.8, 4) is 0 Å². The van der Waals surface area contributed by atoms with Crippen molar-refractivity contribution in [1.29, 1.82) is 0 Å². The van der Waals surface area contributed by atoms with E-state index in [2.05, 4.69) is 168 Å². The fourth-order valence-electron chi connectivity index (χ4n) is 10.3. The Morgan fingerprint density at radius 1 is 0.290 bits per heavy atom. The molecular weight excluding hydrogens is 851 g/mol. The molecular formula is C61H35N5O3. The predicted octanol–water partition coefficient (Wildman–Crippen LogP) is 17.1. The summed E-state index contributed by atoms with van der Waals surface area (Å²) in [6, 6.07) is 69.8. The van der Waals surface area contributed by atoms with Gasteiger partial charge in [0.05, 0.1) is 23.0 Å². The molecule has 0 aliphatic carbocycles. The normalized spacial score (nSPS) is 12.1. The quantitative estimate of drug-likeness (QED) is 0.153. The van der Waals surface area contributed by atoms with Crippen LogP contribution in [0.15, 0.2) is 226 Å². The first-order valence-corrected chi connectivity index (χ1v) is 23.0. The van der Waals surface area contributed by atoms with Crippen LogP contribution in [0.25, 0.3) is 109 Å². The van der Waals surface area contributed by atoms with E-state index in [1.54, 1.807) is 0 Å². The molecule has 5 aromatic heterocycles. The zero-order valence-corrected chi connectivity index (χ0v) is 36.7. The van der Waals surface area contributed by atoms with Crippen LogP contribution in [0.2, 0.25) is 0 Å². The first-order chi connectivity index (χ1) is 34.1. The van der Waals surface area contributed by atoms with Crippen molar-refractivity contribution < 1.29 is 13.3 Å². The van der Waals surface area contributed by atoms with Crippen LogP contribution in [0.3, 0.4) is 0 Å². The maximum absolute atomic E-state index is 6.73. The van der Waals surface area contributed by atoms with Crippen LogP contribution in [0.1, 0.15) is 0 Å². The van der Waals surface area contributed by atoms with E-state index in [4.69, 9.17) is 28.2 Å². The van der Waals surface area contributed by atoms with Gasteiger partial charge in [0, 0.05) is 57.3 Å². The Morgan fingerprint density at radius 2 is 0.725 bits per heavy atom. The lowest BCUT2D eigenvalue weighted by atomic mass is 10.0. The highest BCUT2D eigenvalue weighted by Gasteiger charge is 2.23. The van der Waals surface area contributed by atoms with Crippen molar-refractivity contribution in [3.05, 3.63) is 213 Å². The molecule has 0 radical (unpaired) electrons. The molecule has 5 heterocycles. The largest absolute Gasteiger partial charge is 0.456 e. The molecule has 0 unspecified atom stereocenters. The summed E-state index contributed by atoms with van der Waals surface area (Å²) in [5, 5.41) is 14.3. The number of pyridine rings is 1. The summed E-state index contributed by atoms with van der Waals surface area (Å²) >= 11 is 0. The van der Waals surface area contributed by atoms with Crippen LogP contribution < -0.4 is 9.80 Å². The zero-order chi connectivity index (χ0) is 45.2. The Morgan fingerprint density at radius 3 is 1.29 bits per heavy atom. The highest BCUT2D eigenvalue weighted by atomic mass is 16.3. The maximum Gasteiger partial charge on any atom is 0.248 e. The topological polar surface area (TPSA) is 84.6 Å². The minimum atomic E-state index is 0.399. The van der Waals surface area contributed by atoms with Crippen LogP contribution in [-0.4, -0.2) is 15.0 Å². The number of anilines is 6. The van der Waals surface area contributed by atoms with Crippen molar-refractivity contribution in [1.82, 2.24) is 15.0 Å². The maximum atomic E-state index is 6.73. The molecule has 0 aliphatic rings. The van der Waals surface area contributed by atoms with E-state index in [1.807, 2.05) is 54.9 Å². The lowest BCUT2D eigenvalue weighted by Crippen LogP contribution is -2.12. The third-order valence-electron chi connectivity index (χ3n) is 13.6. The van der Waals surface area contributed by atoms with Gasteiger partial charge in [0.2, 0.25) is 5.71 Å². The number of nitrogens with zero attached hydrogens (tertiary/aromatic N) is 5. The second-order valence-electron chi connectivity index (χ2n) is 17.7. The van der Waals surface area contributed by atoms with E-state index in [1.165, 1.54) is 21.5 Å². The van der Waals surface area contributed by atoms with Crippen LogP contribution >= 0.6 is 0 Å². The molecule has 0 spiro atoms.